The Morgan fingerprint density at radius 1 is 1.14 bits per heavy atom. The Balaban J connectivity index is 0.00000361. The van der Waals surface area contributed by atoms with Crippen molar-refractivity contribution in [2.24, 2.45) is 5.92 Å². The summed E-state index contributed by atoms with van der Waals surface area (Å²) in [5.41, 5.74) is 2.62. The van der Waals surface area contributed by atoms with Crippen molar-refractivity contribution in [2.75, 3.05) is 18.6 Å². The number of aryl methyl sites for hydroxylation is 1. The summed E-state index contributed by atoms with van der Waals surface area (Å²) >= 11 is 0. The van der Waals surface area contributed by atoms with E-state index in [1.165, 1.54) is 4.90 Å². The topological polar surface area (TPSA) is 67.3 Å². The fourth-order valence-electron chi connectivity index (χ4n) is 4.04. The van der Waals surface area contributed by atoms with Crippen molar-refractivity contribution in [2.45, 2.75) is 32.1 Å². The second-order valence-corrected chi connectivity index (χ2v) is 8.43. The van der Waals surface area contributed by atoms with Crippen LogP contribution in [0.15, 0.2) is 54.9 Å². The minimum Gasteiger partial charge on any atom is -0.497 e. The number of amides is 1. The average Bonchev–Trinajstić information content (AvgIpc) is 3.35. The highest BCUT2D eigenvalue weighted by atomic mass is 35.5. The Morgan fingerprint density at radius 2 is 1.81 bits per heavy atom. The van der Waals surface area contributed by atoms with Gasteiger partial charge in [0, 0.05) is 17.8 Å². The predicted octanol–water partition coefficient (Wildman–Crippen LogP) is 5.10. The zero-order chi connectivity index (χ0) is 25.2. The summed E-state index contributed by atoms with van der Waals surface area (Å²) in [6.45, 7) is 1.65. The van der Waals surface area contributed by atoms with Gasteiger partial charge < -0.3 is 15.0 Å². The Labute approximate surface area is 212 Å². The molecule has 1 aliphatic heterocycles. The summed E-state index contributed by atoms with van der Waals surface area (Å²) in [7, 11) is 1.54. The third-order valence-corrected chi connectivity index (χ3v) is 6.05. The summed E-state index contributed by atoms with van der Waals surface area (Å²) in [6, 6.07) is 11.3. The molecule has 3 aromatic rings. The SMILES string of the molecule is COc1ccc(CN(C(=O)[C@H]2C[C@@H](C(F)(F)F)CN2)c2ccc(C)c(-c3ncc(F)cn3)c2)cc1.Cl. The van der Waals surface area contributed by atoms with Crippen LogP contribution in [0.5, 0.6) is 5.75 Å². The number of benzene rings is 2. The number of hydrogen-bond acceptors (Lipinski definition) is 5. The van der Waals surface area contributed by atoms with E-state index < -0.39 is 29.9 Å². The van der Waals surface area contributed by atoms with Crippen LogP contribution in [-0.2, 0) is 11.3 Å². The third-order valence-electron chi connectivity index (χ3n) is 6.05. The fourth-order valence-corrected chi connectivity index (χ4v) is 4.04. The lowest BCUT2D eigenvalue weighted by Gasteiger charge is -2.27. The van der Waals surface area contributed by atoms with Crippen LogP contribution in [-0.4, -0.2) is 41.7 Å². The van der Waals surface area contributed by atoms with Gasteiger partial charge in [-0.3, -0.25) is 4.79 Å². The van der Waals surface area contributed by atoms with Crippen LogP contribution in [0.25, 0.3) is 11.4 Å². The lowest BCUT2D eigenvalue weighted by atomic mass is 10.0. The molecule has 11 heteroatoms. The summed E-state index contributed by atoms with van der Waals surface area (Å²) < 4.78 is 58.2. The molecule has 4 rings (SSSR count). The van der Waals surface area contributed by atoms with Gasteiger partial charge in [0.2, 0.25) is 5.91 Å². The second kappa shape index (κ2) is 11.2. The molecule has 0 unspecified atom stereocenters. The van der Waals surface area contributed by atoms with E-state index in [1.54, 1.807) is 49.6 Å². The molecule has 1 aromatic heterocycles. The highest BCUT2D eigenvalue weighted by Crippen LogP contribution is 2.34. The molecule has 2 aromatic carbocycles. The molecule has 0 saturated carbocycles. The number of rotatable bonds is 6. The number of alkyl halides is 3. The van der Waals surface area contributed by atoms with E-state index in [1.807, 2.05) is 6.92 Å². The summed E-state index contributed by atoms with van der Waals surface area (Å²) in [4.78, 5) is 23.0. The third kappa shape index (κ3) is 6.11. The van der Waals surface area contributed by atoms with Crippen molar-refractivity contribution in [3.05, 3.63) is 71.8 Å². The summed E-state index contributed by atoms with van der Waals surface area (Å²) in [6.07, 6.45) is -2.61. The molecular formula is C25H25ClF4N4O2. The van der Waals surface area contributed by atoms with E-state index in [9.17, 15) is 22.4 Å². The molecule has 1 amide bonds. The van der Waals surface area contributed by atoms with Crippen molar-refractivity contribution in [1.82, 2.24) is 15.3 Å². The van der Waals surface area contributed by atoms with Crippen LogP contribution in [0.1, 0.15) is 17.5 Å². The number of aromatic nitrogens is 2. The van der Waals surface area contributed by atoms with Crippen LogP contribution in [0, 0.1) is 18.7 Å². The highest BCUT2D eigenvalue weighted by Gasteiger charge is 2.46. The maximum Gasteiger partial charge on any atom is 0.393 e. The molecular weight excluding hydrogens is 500 g/mol. The van der Waals surface area contributed by atoms with Crippen molar-refractivity contribution in [1.29, 1.82) is 0 Å². The number of carbonyl (C=O) groups excluding carboxylic acids is 1. The van der Waals surface area contributed by atoms with Gasteiger partial charge >= 0.3 is 6.18 Å². The average molecular weight is 525 g/mol. The second-order valence-electron chi connectivity index (χ2n) is 8.43. The largest absolute Gasteiger partial charge is 0.497 e. The zero-order valence-electron chi connectivity index (χ0n) is 19.6. The minimum atomic E-state index is -4.38. The maximum atomic E-state index is 13.5. The van der Waals surface area contributed by atoms with Gasteiger partial charge in [-0.05, 0) is 48.7 Å². The number of nitrogens with zero attached hydrogens (tertiary/aromatic N) is 3. The molecule has 192 valence electrons. The number of methoxy groups -OCH3 is 1. The van der Waals surface area contributed by atoms with Crippen LogP contribution in [0.3, 0.4) is 0 Å². The normalized spacial score (nSPS) is 17.4. The quantitative estimate of drug-likeness (QED) is 0.455. The van der Waals surface area contributed by atoms with Crippen molar-refractivity contribution in [3.63, 3.8) is 0 Å². The number of ether oxygens (including phenoxy) is 1. The fraction of sp³-hybridized carbons (Fsp3) is 0.320. The van der Waals surface area contributed by atoms with E-state index in [-0.39, 0.29) is 37.7 Å². The first-order valence-electron chi connectivity index (χ1n) is 11.0. The Hall–Kier alpha value is -3.24. The molecule has 0 aliphatic carbocycles. The summed E-state index contributed by atoms with van der Waals surface area (Å²) in [5, 5.41) is 2.73. The number of anilines is 1. The first-order chi connectivity index (χ1) is 16.7. The Bertz CT molecular complexity index is 1190. The van der Waals surface area contributed by atoms with E-state index in [0.717, 1.165) is 23.5 Å². The standard InChI is InChI=1S/C25H24F4N4O2.ClH/c1-15-3-6-19(10-21(15)23-31-12-18(26)13-32-23)33(14-16-4-7-20(35-2)8-5-16)24(34)22-9-17(11-30-22)25(27,28)29;/h3-8,10,12-13,17,22,30H,9,11,14H2,1-2H3;1H/t17-,22-;/m1./s1. The number of halogens is 5. The molecule has 2 heterocycles. The van der Waals surface area contributed by atoms with Crippen LogP contribution >= 0.6 is 12.4 Å². The first kappa shape index (κ1) is 27.3. The van der Waals surface area contributed by atoms with Gasteiger partial charge in [0.15, 0.2) is 11.6 Å². The highest BCUT2D eigenvalue weighted by molar-refractivity contribution is 5.98. The maximum absolute atomic E-state index is 13.5. The van der Waals surface area contributed by atoms with Gasteiger partial charge in [-0.2, -0.15) is 13.2 Å². The van der Waals surface area contributed by atoms with Crippen molar-refractivity contribution in [3.8, 4) is 17.1 Å². The molecule has 2 atom stereocenters. The Morgan fingerprint density at radius 3 is 2.39 bits per heavy atom. The molecule has 1 N–H and O–H groups in total. The molecule has 1 aliphatic rings. The molecule has 0 spiro atoms. The lowest BCUT2D eigenvalue weighted by Crippen LogP contribution is -2.43. The van der Waals surface area contributed by atoms with Gasteiger partial charge in [0.1, 0.15) is 5.75 Å². The van der Waals surface area contributed by atoms with Crippen molar-refractivity contribution < 1.29 is 27.1 Å². The molecule has 1 saturated heterocycles. The molecule has 0 bridgehead atoms. The number of nitrogens with one attached hydrogen (secondary N) is 1. The molecule has 1 fully saturated rings. The van der Waals surface area contributed by atoms with Gasteiger partial charge in [-0.1, -0.05) is 18.2 Å². The first-order valence-corrected chi connectivity index (χ1v) is 11.0. The Kier molecular flexibility index (Phi) is 8.52. The summed E-state index contributed by atoms with van der Waals surface area (Å²) in [5.74, 6) is -1.71. The monoisotopic (exact) mass is 524 g/mol. The van der Waals surface area contributed by atoms with E-state index >= 15 is 0 Å². The molecule has 36 heavy (non-hydrogen) atoms. The van der Waals surface area contributed by atoms with Gasteiger partial charge in [-0.15, -0.1) is 12.4 Å². The van der Waals surface area contributed by atoms with Crippen LogP contribution < -0.4 is 15.0 Å². The van der Waals surface area contributed by atoms with Gasteiger partial charge in [-0.25, -0.2) is 14.4 Å². The van der Waals surface area contributed by atoms with E-state index in [4.69, 9.17) is 4.74 Å². The minimum absolute atomic E-state index is 0. The van der Waals surface area contributed by atoms with Gasteiger partial charge in [0.25, 0.3) is 0 Å². The smallest absolute Gasteiger partial charge is 0.393 e. The zero-order valence-corrected chi connectivity index (χ0v) is 20.4. The van der Waals surface area contributed by atoms with Crippen LogP contribution in [0.4, 0.5) is 23.2 Å². The lowest BCUT2D eigenvalue weighted by molar-refractivity contribution is -0.169. The van der Waals surface area contributed by atoms with Crippen molar-refractivity contribution >= 4 is 24.0 Å². The molecule has 0 radical (unpaired) electrons. The van der Waals surface area contributed by atoms with Gasteiger partial charge in [0.05, 0.1) is 38.0 Å². The predicted molar refractivity (Wildman–Crippen MR) is 130 cm³/mol. The number of hydrogen-bond donors (Lipinski definition) is 1. The number of carbonyl (C=O) groups is 1. The van der Waals surface area contributed by atoms with E-state index in [2.05, 4.69) is 15.3 Å². The van der Waals surface area contributed by atoms with E-state index in [0.29, 0.717) is 17.0 Å². The molecule has 6 nitrogen and oxygen atoms in total. The van der Waals surface area contributed by atoms with Crippen LogP contribution in [0.2, 0.25) is 0 Å².